The molecule has 1 N–H and O–H groups in total. The Bertz CT molecular complexity index is 1290. The van der Waals surface area contributed by atoms with Crippen LogP contribution in [0.4, 0.5) is 0 Å². The number of imidazole rings is 1. The van der Waals surface area contributed by atoms with Crippen molar-refractivity contribution in [2.45, 2.75) is 32.2 Å². The molecule has 6 nitrogen and oxygen atoms in total. The minimum Gasteiger partial charge on any atom is -0.349 e. The van der Waals surface area contributed by atoms with Gasteiger partial charge in [0.15, 0.2) is 4.96 Å². The van der Waals surface area contributed by atoms with Crippen LogP contribution in [0, 0.1) is 6.92 Å². The number of aromatic nitrogens is 2. The van der Waals surface area contributed by atoms with E-state index in [1.807, 2.05) is 82.4 Å². The van der Waals surface area contributed by atoms with Gasteiger partial charge in [-0.15, -0.1) is 11.3 Å². The first-order chi connectivity index (χ1) is 16.1. The summed E-state index contributed by atoms with van der Waals surface area (Å²) in [5.74, 6) is -0.129. The first-order valence-corrected chi connectivity index (χ1v) is 12.2. The lowest BCUT2D eigenvalue weighted by Crippen LogP contribution is -2.49. The van der Waals surface area contributed by atoms with Gasteiger partial charge in [0.2, 0.25) is 0 Å². The molecule has 0 bridgehead atoms. The van der Waals surface area contributed by atoms with Crippen molar-refractivity contribution >= 4 is 28.1 Å². The highest BCUT2D eigenvalue weighted by Gasteiger charge is 2.29. The summed E-state index contributed by atoms with van der Waals surface area (Å²) in [4.78, 5) is 33.9. The number of hydrogen-bond acceptors (Lipinski definition) is 4. The average Bonchev–Trinajstić information content (AvgIpc) is 3.43. The number of fused-ring (bicyclic) bond motifs is 1. The third-order valence-electron chi connectivity index (χ3n) is 6.28. The minimum atomic E-state index is -0.152. The summed E-state index contributed by atoms with van der Waals surface area (Å²) in [5.41, 5.74) is 3.95. The minimum absolute atomic E-state index is 0.0224. The Labute approximate surface area is 196 Å². The van der Waals surface area contributed by atoms with Crippen LogP contribution in [0.2, 0.25) is 0 Å². The normalized spacial score (nSPS) is 16.2. The van der Waals surface area contributed by atoms with Gasteiger partial charge in [-0.1, -0.05) is 48.5 Å². The van der Waals surface area contributed by atoms with E-state index < -0.39 is 0 Å². The number of carbonyl (C=O) groups excluding carboxylic acids is 2. The van der Waals surface area contributed by atoms with Crippen LogP contribution >= 0.6 is 11.3 Å². The molecule has 0 unspecified atom stereocenters. The van der Waals surface area contributed by atoms with Crippen molar-refractivity contribution in [2.24, 2.45) is 0 Å². The predicted octanol–water partition coefficient (Wildman–Crippen LogP) is 4.80. The lowest BCUT2D eigenvalue weighted by Gasteiger charge is -2.36. The van der Waals surface area contributed by atoms with E-state index in [4.69, 9.17) is 0 Å². The van der Waals surface area contributed by atoms with Gasteiger partial charge in [0.05, 0.1) is 5.69 Å². The molecule has 0 saturated carbocycles. The Morgan fingerprint density at radius 1 is 1.09 bits per heavy atom. The second kappa shape index (κ2) is 9.19. The molecule has 2 amide bonds. The van der Waals surface area contributed by atoms with Crippen molar-refractivity contribution in [3.05, 3.63) is 83.1 Å². The smallest absolute Gasteiger partial charge is 0.270 e. The van der Waals surface area contributed by atoms with Crippen LogP contribution in [0.1, 0.15) is 45.8 Å². The number of amides is 2. The van der Waals surface area contributed by atoms with Crippen LogP contribution in [0.15, 0.2) is 66.2 Å². The van der Waals surface area contributed by atoms with E-state index in [0.717, 1.165) is 35.4 Å². The van der Waals surface area contributed by atoms with Crippen LogP contribution in [0.5, 0.6) is 0 Å². The second-order valence-electron chi connectivity index (χ2n) is 8.37. The van der Waals surface area contributed by atoms with E-state index in [1.165, 1.54) is 11.3 Å². The molecule has 3 heterocycles. The summed E-state index contributed by atoms with van der Waals surface area (Å²) in [6.45, 7) is 2.98. The van der Waals surface area contributed by atoms with E-state index >= 15 is 0 Å². The summed E-state index contributed by atoms with van der Waals surface area (Å²) in [6, 6.07) is 17.7. The van der Waals surface area contributed by atoms with Crippen molar-refractivity contribution in [3.63, 3.8) is 0 Å². The lowest BCUT2D eigenvalue weighted by molar-refractivity contribution is 0.0603. The fraction of sp³-hybridized carbons (Fsp3) is 0.269. The quantitative estimate of drug-likeness (QED) is 0.467. The van der Waals surface area contributed by atoms with Crippen molar-refractivity contribution in [1.29, 1.82) is 0 Å². The highest BCUT2D eigenvalue weighted by Crippen LogP contribution is 2.27. The van der Waals surface area contributed by atoms with E-state index in [-0.39, 0.29) is 17.9 Å². The first kappa shape index (κ1) is 21.4. The molecule has 168 valence electrons. The van der Waals surface area contributed by atoms with Gasteiger partial charge in [-0.2, -0.15) is 0 Å². The zero-order chi connectivity index (χ0) is 22.8. The van der Waals surface area contributed by atoms with Crippen LogP contribution in [0.25, 0.3) is 16.1 Å². The van der Waals surface area contributed by atoms with Gasteiger partial charge in [0, 0.05) is 36.3 Å². The lowest BCUT2D eigenvalue weighted by atomic mass is 9.96. The molecule has 0 radical (unpaired) electrons. The highest BCUT2D eigenvalue weighted by molar-refractivity contribution is 7.15. The van der Waals surface area contributed by atoms with Gasteiger partial charge in [-0.3, -0.25) is 14.0 Å². The van der Waals surface area contributed by atoms with Gasteiger partial charge in [-0.25, -0.2) is 4.98 Å². The van der Waals surface area contributed by atoms with Crippen LogP contribution in [-0.2, 0) is 0 Å². The largest absolute Gasteiger partial charge is 0.349 e. The van der Waals surface area contributed by atoms with Crippen molar-refractivity contribution in [1.82, 2.24) is 19.6 Å². The molecule has 1 aliphatic heterocycles. The first-order valence-electron chi connectivity index (χ1n) is 11.3. The number of benzene rings is 2. The molecular weight excluding hydrogens is 432 g/mol. The zero-order valence-electron chi connectivity index (χ0n) is 18.5. The summed E-state index contributed by atoms with van der Waals surface area (Å²) in [6.07, 6.45) is 4.76. The van der Waals surface area contributed by atoms with Crippen LogP contribution < -0.4 is 5.32 Å². The third-order valence-corrected chi connectivity index (χ3v) is 7.04. The fourth-order valence-electron chi connectivity index (χ4n) is 4.64. The Balaban J connectivity index is 1.35. The second-order valence-corrected chi connectivity index (χ2v) is 9.24. The number of nitrogens with one attached hydrogen (secondary N) is 1. The number of thiazole rings is 1. The maximum atomic E-state index is 13.7. The number of aryl methyl sites for hydroxylation is 1. The summed E-state index contributed by atoms with van der Waals surface area (Å²) in [7, 11) is 0. The van der Waals surface area contributed by atoms with Gasteiger partial charge in [-0.05, 0) is 43.4 Å². The molecule has 1 aliphatic rings. The monoisotopic (exact) mass is 458 g/mol. The number of hydrogen-bond donors (Lipinski definition) is 1. The summed E-state index contributed by atoms with van der Waals surface area (Å²) in [5, 5.41) is 4.99. The Morgan fingerprint density at radius 2 is 1.88 bits per heavy atom. The topological polar surface area (TPSA) is 66.7 Å². The number of carbonyl (C=O) groups is 2. The molecule has 1 fully saturated rings. The van der Waals surface area contributed by atoms with Gasteiger partial charge in [0.25, 0.3) is 11.8 Å². The standard InChI is InChI=1S/C26H26N4O2S/c1-18-23(30-15-16-33-26(30)28-18)24(31)27-17-20-11-7-8-14-29(20)25(32)22-13-6-5-12-21(22)19-9-3-2-4-10-19/h2-6,9-10,12-13,15-16,20H,7-8,11,14,17H2,1H3,(H,27,31)/t20-/m0/s1. The number of rotatable bonds is 5. The molecule has 2 aromatic heterocycles. The van der Waals surface area contributed by atoms with E-state index in [1.54, 1.807) is 0 Å². The number of nitrogens with zero attached hydrogens (tertiary/aromatic N) is 3. The van der Waals surface area contributed by atoms with Crippen LogP contribution in [0.3, 0.4) is 0 Å². The maximum absolute atomic E-state index is 13.7. The maximum Gasteiger partial charge on any atom is 0.270 e. The molecule has 1 saturated heterocycles. The van der Waals surface area contributed by atoms with Crippen LogP contribution in [-0.4, -0.2) is 45.2 Å². The number of likely N-dealkylation sites (tertiary alicyclic amines) is 1. The SMILES string of the molecule is Cc1nc2sccn2c1C(=O)NC[C@@H]1CCCCN1C(=O)c1ccccc1-c1ccccc1. The highest BCUT2D eigenvalue weighted by atomic mass is 32.1. The third kappa shape index (κ3) is 4.16. The van der Waals surface area contributed by atoms with Crippen molar-refractivity contribution in [3.8, 4) is 11.1 Å². The molecule has 0 aliphatic carbocycles. The Morgan fingerprint density at radius 3 is 2.73 bits per heavy atom. The predicted molar refractivity (Wildman–Crippen MR) is 131 cm³/mol. The molecule has 4 aromatic rings. The van der Waals surface area contributed by atoms with E-state index in [9.17, 15) is 9.59 Å². The molecule has 2 aromatic carbocycles. The molecular formula is C26H26N4O2S. The summed E-state index contributed by atoms with van der Waals surface area (Å²) < 4.78 is 1.83. The average molecular weight is 459 g/mol. The molecule has 5 rings (SSSR count). The van der Waals surface area contributed by atoms with E-state index in [2.05, 4.69) is 10.3 Å². The zero-order valence-corrected chi connectivity index (χ0v) is 19.3. The number of piperidine rings is 1. The van der Waals surface area contributed by atoms with Crippen molar-refractivity contribution < 1.29 is 9.59 Å². The molecule has 7 heteroatoms. The molecule has 0 spiro atoms. The van der Waals surface area contributed by atoms with Gasteiger partial charge >= 0.3 is 0 Å². The van der Waals surface area contributed by atoms with Gasteiger partial charge in [0.1, 0.15) is 5.69 Å². The molecule has 1 atom stereocenters. The fourth-order valence-corrected chi connectivity index (χ4v) is 5.40. The van der Waals surface area contributed by atoms with E-state index in [0.29, 0.717) is 30.0 Å². The van der Waals surface area contributed by atoms with Crippen molar-refractivity contribution in [2.75, 3.05) is 13.1 Å². The molecule has 33 heavy (non-hydrogen) atoms. The summed E-state index contributed by atoms with van der Waals surface area (Å²) >= 11 is 1.51. The van der Waals surface area contributed by atoms with Gasteiger partial charge < -0.3 is 10.2 Å². The Kier molecular flexibility index (Phi) is 5.96. The Hall–Kier alpha value is -3.45.